The molecule has 0 aromatic carbocycles. The fraction of sp³-hybridized carbons (Fsp3) is 0.750. The largest absolute Gasteiger partial charge is 0.368 e. The summed E-state index contributed by atoms with van der Waals surface area (Å²) in [4.78, 5) is 21.2. The molecule has 2 atom stereocenters. The number of carbonyl (C=O) groups excluding carboxylic acids is 2. The van der Waals surface area contributed by atoms with Crippen LogP contribution in [0.4, 0.5) is 0 Å². The molecular weight excluding hydrogens is 248 g/mol. The third-order valence-corrected chi connectivity index (χ3v) is 4.31. The van der Waals surface area contributed by atoms with Crippen LogP contribution in [0.1, 0.15) is 12.8 Å². The van der Waals surface area contributed by atoms with Crippen LogP contribution < -0.4 is 22.9 Å². The molecule has 0 spiro atoms. The van der Waals surface area contributed by atoms with Gasteiger partial charge in [0.05, 0.1) is 12.1 Å². The van der Waals surface area contributed by atoms with E-state index in [2.05, 4.69) is 0 Å². The van der Waals surface area contributed by atoms with Gasteiger partial charge >= 0.3 is 0 Å². The van der Waals surface area contributed by atoms with Crippen LogP contribution in [0.5, 0.6) is 0 Å². The first kappa shape index (κ1) is 15.6. The van der Waals surface area contributed by atoms with Gasteiger partial charge in [0, 0.05) is 11.5 Å². The second-order valence-electron chi connectivity index (χ2n) is 3.24. The van der Waals surface area contributed by atoms with Gasteiger partial charge in [-0.15, -0.1) is 0 Å². The van der Waals surface area contributed by atoms with Gasteiger partial charge in [0.1, 0.15) is 0 Å². The monoisotopic (exact) mass is 266 g/mol. The van der Waals surface area contributed by atoms with Gasteiger partial charge in [0.25, 0.3) is 0 Å². The predicted octanol–water partition coefficient (Wildman–Crippen LogP) is -1.23. The van der Waals surface area contributed by atoms with Crippen LogP contribution in [0, 0.1) is 0 Å². The molecule has 0 aliphatic heterocycles. The highest BCUT2D eigenvalue weighted by atomic mass is 33.1. The van der Waals surface area contributed by atoms with Crippen LogP contribution in [0.3, 0.4) is 0 Å². The minimum atomic E-state index is -0.582. The van der Waals surface area contributed by atoms with Crippen LogP contribution >= 0.6 is 21.6 Å². The highest BCUT2D eigenvalue weighted by Crippen LogP contribution is 2.23. The number of rotatable bonds is 9. The molecule has 8 heteroatoms. The Morgan fingerprint density at radius 2 is 1.19 bits per heavy atom. The van der Waals surface area contributed by atoms with Crippen molar-refractivity contribution in [3.05, 3.63) is 0 Å². The predicted molar refractivity (Wildman–Crippen MR) is 68.5 cm³/mol. The lowest BCUT2D eigenvalue weighted by atomic mass is 10.2. The molecule has 6 nitrogen and oxygen atoms in total. The molecule has 0 rings (SSSR count). The summed E-state index contributed by atoms with van der Waals surface area (Å²) >= 11 is 0. The van der Waals surface area contributed by atoms with E-state index in [1.807, 2.05) is 0 Å². The van der Waals surface area contributed by atoms with E-state index in [0.717, 1.165) is 11.5 Å². The zero-order chi connectivity index (χ0) is 12.6. The summed E-state index contributed by atoms with van der Waals surface area (Å²) in [5.74, 6) is 0.504. The van der Waals surface area contributed by atoms with Crippen molar-refractivity contribution in [2.75, 3.05) is 11.5 Å². The average Bonchev–Trinajstić information content (AvgIpc) is 2.21. The summed E-state index contributed by atoms with van der Waals surface area (Å²) in [7, 11) is 3.15. The molecule has 0 bridgehead atoms. The van der Waals surface area contributed by atoms with E-state index in [1.54, 1.807) is 21.6 Å². The topological polar surface area (TPSA) is 138 Å². The summed E-state index contributed by atoms with van der Waals surface area (Å²) in [5.41, 5.74) is 20.9. The maximum atomic E-state index is 10.6. The third-order valence-electron chi connectivity index (χ3n) is 1.84. The first-order valence-electron chi connectivity index (χ1n) is 4.79. The minimum Gasteiger partial charge on any atom is -0.368 e. The summed E-state index contributed by atoms with van der Waals surface area (Å²) in [6.07, 6.45) is 1.10. The first-order valence-corrected chi connectivity index (χ1v) is 7.28. The van der Waals surface area contributed by atoms with Crippen molar-refractivity contribution < 1.29 is 9.59 Å². The Balaban J connectivity index is 3.34. The fourth-order valence-electron chi connectivity index (χ4n) is 0.753. The van der Waals surface area contributed by atoms with Crippen LogP contribution in [-0.2, 0) is 9.59 Å². The van der Waals surface area contributed by atoms with E-state index in [-0.39, 0.29) is 0 Å². The Morgan fingerprint density at radius 1 is 0.875 bits per heavy atom. The zero-order valence-electron chi connectivity index (χ0n) is 8.93. The van der Waals surface area contributed by atoms with E-state index in [1.165, 1.54) is 0 Å². The number of hydrogen-bond donors (Lipinski definition) is 4. The van der Waals surface area contributed by atoms with Crippen LogP contribution in [0.15, 0.2) is 0 Å². The maximum absolute atomic E-state index is 10.6. The number of nitrogens with two attached hydrogens (primary N) is 4. The quantitative estimate of drug-likeness (QED) is 0.304. The molecule has 0 aliphatic carbocycles. The number of hydrogen-bond acceptors (Lipinski definition) is 6. The molecule has 8 N–H and O–H groups in total. The minimum absolute atomic E-state index is 0.485. The second-order valence-corrected chi connectivity index (χ2v) is 5.94. The van der Waals surface area contributed by atoms with Crippen LogP contribution in [0.2, 0.25) is 0 Å². The van der Waals surface area contributed by atoms with Gasteiger partial charge in [-0.2, -0.15) is 0 Å². The van der Waals surface area contributed by atoms with E-state index >= 15 is 0 Å². The Bertz CT molecular complexity index is 216. The van der Waals surface area contributed by atoms with Gasteiger partial charge in [-0.25, -0.2) is 0 Å². The summed E-state index contributed by atoms with van der Waals surface area (Å²) in [6, 6.07) is -1.16. The van der Waals surface area contributed by atoms with Gasteiger partial charge in [-0.1, -0.05) is 21.6 Å². The zero-order valence-corrected chi connectivity index (χ0v) is 10.6. The highest BCUT2D eigenvalue weighted by Gasteiger charge is 2.10. The lowest BCUT2D eigenvalue weighted by Crippen LogP contribution is -2.36. The molecule has 0 aromatic heterocycles. The third kappa shape index (κ3) is 7.80. The van der Waals surface area contributed by atoms with Crippen molar-refractivity contribution in [1.29, 1.82) is 0 Å². The smallest absolute Gasteiger partial charge is 0.234 e. The Hall–Kier alpha value is -0.440. The molecule has 0 saturated heterocycles. The van der Waals surface area contributed by atoms with Gasteiger partial charge in [-0.3, -0.25) is 9.59 Å². The number of primary amides is 2. The molecule has 16 heavy (non-hydrogen) atoms. The van der Waals surface area contributed by atoms with E-state index in [0.29, 0.717) is 12.8 Å². The van der Waals surface area contributed by atoms with Crippen LogP contribution in [-0.4, -0.2) is 35.4 Å². The Labute approximate surface area is 103 Å². The van der Waals surface area contributed by atoms with E-state index < -0.39 is 23.9 Å². The SMILES string of the molecule is NC(=O)[C@@H](N)CCSSCC[C@H](N)C(N)=O. The van der Waals surface area contributed by atoms with Crippen molar-refractivity contribution in [2.24, 2.45) is 22.9 Å². The standard InChI is InChI=1S/C8H18N4O2S2/c9-5(7(11)13)1-3-15-16-4-2-6(10)8(12)14/h5-6H,1-4,9-10H2,(H2,11,13)(H2,12,14)/t5-,6-/m0/s1. The highest BCUT2D eigenvalue weighted by molar-refractivity contribution is 8.76. The lowest BCUT2D eigenvalue weighted by Gasteiger charge is -2.07. The average molecular weight is 266 g/mol. The molecule has 0 unspecified atom stereocenters. The van der Waals surface area contributed by atoms with Gasteiger partial charge in [-0.05, 0) is 12.8 Å². The summed E-state index contributed by atoms with van der Waals surface area (Å²) < 4.78 is 0. The molecule has 2 amide bonds. The lowest BCUT2D eigenvalue weighted by molar-refractivity contribution is -0.120. The van der Waals surface area contributed by atoms with Crippen molar-refractivity contribution in [3.8, 4) is 0 Å². The van der Waals surface area contributed by atoms with Gasteiger partial charge in [0.2, 0.25) is 11.8 Å². The summed E-state index contributed by atoms with van der Waals surface area (Å²) in [6.45, 7) is 0. The normalized spacial score (nSPS) is 14.4. The molecular formula is C8H18N4O2S2. The summed E-state index contributed by atoms with van der Waals surface area (Å²) in [5, 5.41) is 0. The van der Waals surface area contributed by atoms with Crippen molar-refractivity contribution in [2.45, 2.75) is 24.9 Å². The van der Waals surface area contributed by atoms with E-state index in [9.17, 15) is 9.59 Å². The Morgan fingerprint density at radius 3 is 1.44 bits per heavy atom. The fourth-order valence-corrected chi connectivity index (χ4v) is 2.97. The molecule has 0 aliphatic rings. The molecule has 0 radical (unpaired) electrons. The van der Waals surface area contributed by atoms with Crippen molar-refractivity contribution >= 4 is 33.4 Å². The van der Waals surface area contributed by atoms with E-state index in [4.69, 9.17) is 22.9 Å². The molecule has 0 aromatic rings. The van der Waals surface area contributed by atoms with Gasteiger partial charge in [0.15, 0.2) is 0 Å². The van der Waals surface area contributed by atoms with Crippen molar-refractivity contribution in [1.82, 2.24) is 0 Å². The second kappa shape index (κ2) is 8.68. The Kier molecular flexibility index (Phi) is 8.44. The molecule has 0 fully saturated rings. The number of carbonyl (C=O) groups is 2. The van der Waals surface area contributed by atoms with Crippen molar-refractivity contribution in [3.63, 3.8) is 0 Å². The van der Waals surface area contributed by atoms with Gasteiger partial charge < -0.3 is 22.9 Å². The van der Waals surface area contributed by atoms with Crippen LogP contribution in [0.25, 0.3) is 0 Å². The first-order chi connectivity index (χ1) is 7.45. The molecule has 94 valence electrons. The molecule has 0 heterocycles. The maximum Gasteiger partial charge on any atom is 0.234 e. The number of amides is 2. The molecule has 0 saturated carbocycles.